The van der Waals surface area contributed by atoms with E-state index in [0.29, 0.717) is 28.6 Å². The SMILES string of the molecule is COc1ccc(C(=O)COC(=O)c2ccccc2Oc2ccccc2)cc1OC. The molecule has 0 saturated heterocycles. The number of methoxy groups -OCH3 is 2. The van der Waals surface area contributed by atoms with E-state index in [1.807, 2.05) is 18.2 Å². The van der Waals surface area contributed by atoms with Crippen LogP contribution in [-0.4, -0.2) is 32.6 Å². The second kappa shape index (κ2) is 9.41. The topological polar surface area (TPSA) is 71.1 Å². The number of carbonyl (C=O) groups is 2. The van der Waals surface area contributed by atoms with Crippen LogP contribution in [0.2, 0.25) is 0 Å². The Labute approximate surface area is 168 Å². The highest BCUT2D eigenvalue weighted by Gasteiger charge is 2.17. The lowest BCUT2D eigenvalue weighted by atomic mass is 10.1. The number of benzene rings is 3. The van der Waals surface area contributed by atoms with E-state index in [9.17, 15) is 9.59 Å². The average Bonchev–Trinajstić information content (AvgIpc) is 2.77. The van der Waals surface area contributed by atoms with Crippen molar-refractivity contribution < 1.29 is 28.5 Å². The molecule has 3 aromatic rings. The standard InChI is InChI=1S/C23H20O6/c1-26-21-13-12-16(14-22(21)27-2)19(24)15-28-23(25)18-10-6-7-11-20(18)29-17-8-4-3-5-9-17/h3-14H,15H2,1-2H3. The van der Waals surface area contributed by atoms with Gasteiger partial charge in [-0.25, -0.2) is 4.79 Å². The van der Waals surface area contributed by atoms with E-state index in [1.165, 1.54) is 14.2 Å². The Kier molecular flexibility index (Phi) is 6.47. The van der Waals surface area contributed by atoms with Crippen LogP contribution >= 0.6 is 0 Å². The van der Waals surface area contributed by atoms with Crippen LogP contribution in [0.15, 0.2) is 72.8 Å². The summed E-state index contributed by atoms with van der Waals surface area (Å²) in [6.45, 7) is -0.409. The summed E-state index contributed by atoms with van der Waals surface area (Å²) < 4.78 is 21.3. The number of ether oxygens (including phenoxy) is 4. The van der Waals surface area contributed by atoms with Crippen molar-refractivity contribution in [2.75, 3.05) is 20.8 Å². The van der Waals surface area contributed by atoms with E-state index in [-0.39, 0.29) is 11.3 Å². The fraction of sp³-hybridized carbons (Fsp3) is 0.130. The molecule has 3 aromatic carbocycles. The van der Waals surface area contributed by atoms with Crippen LogP contribution in [0.5, 0.6) is 23.0 Å². The van der Waals surface area contributed by atoms with Crippen molar-refractivity contribution in [2.24, 2.45) is 0 Å². The molecule has 0 N–H and O–H groups in total. The summed E-state index contributed by atoms with van der Waals surface area (Å²) in [5.74, 6) is 0.863. The maximum Gasteiger partial charge on any atom is 0.342 e. The largest absolute Gasteiger partial charge is 0.493 e. The number of ketones is 1. The number of Topliss-reactive ketones (excluding diaryl/α,β-unsaturated/α-hetero) is 1. The molecule has 0 heterocycles. The Morgan fingerprint density at radius 2 is 1.45 bits per heavy atom. The first-order valence-electron chi connectivity index (χ1n) is 8.86. The third kappa shape index (κ3) is 4.93. The summed E-state index contributed by atoms with van der Waals surface area (Å²) in [5.41, 5.74) is 0.584. The Balaban J connectivity index is 1.69. The molecule has 0 atom stereocenters. The normalized spacial score (nSPS) is 10.1. The molecule has 6 heteroatoms. The van der Waals surface area contributed by atoms with Gasteiger partial charge in [-0.2, -0.15) is 0 Å². The first kappa shape index (κ1) is 19.9. The molecule has 0 radical (unpaired) electrons. The van der Waals surface area contributed by atoms with Crippen LogP contribution in [0.25, 0.3) is 0 Å². The Morgan fingerprint density at radius 3 is 2.17 bits per heavy atom. The van der Waals surface area contributed by atoms with Crippen LogP contribution in [0.1, 0.15) is 20.7 Å². The van der Waals surface area contributed by atoms with Gasteiger partial charge in [0, 0.05) is 5.56 Å². The van der Waals surface area contributed by atoms with Crippen LogP contribution < -0.4 is 14.2 Å². The van der Waals surface area contributed by atoms with Gasteiger partial charge in [-0.05, 0) is 42.5 Å². The van der Waals surface area contributed by atoms with E-state index in [1.54, 1.807) is 54.6 Å². The highest BCUT2D eigenvalue weighted by molar-refractivity contribution is 6.00. The van der Waals surface area contributed by atoms with Gasteiger partial charge < -0.3 is 18.9 Å². The molecule has 0 aliphatic carbocycles. The molecular weight excluding hydrogens is 372 g/mol. The zero-order chi connectivity index (χ0) is 20.6. The van der Waals surface area contributed by atoms with Crippen molar-refractivity contribution in [2.45, 2.75) is 0 Å². The van der Waals surface area contributed by atoms with Gasteiger partial charge in [0.15, 0.2) is 23.9 Å². The number of hydrogen-bond donors (Lipinski definition) is 0. The third-order valence-corrected chi connectivity index (χ3v) is 4.12. The lowest BCUT2D eigenvalue weighted by Crippen LogP contribution is -2.15. The van der Waals surface area contributed by atoms with Crippen molar-refractivity contribution in [1.82, 2.24) is 0 Å². The van der Waals surface area contributed by atoms with Crippen molar-refractivity contribution in [3.05, 3.63) is 83.9 Å². The van der Waals surface area contributed by atoms with Gasteiger partial charge >= 0.3 is 5.97 Å². The smallest absolute Gasteiger partial charge is 0.342 e. The van der Waals surface area contributed by atoms with Crippen molar-refractivity contribution in [3.8, 4) is 23.0 Å². The number of carbonyl (C=O) groups excluding carboxylic acids is 2. The minimum Gasteiger partial charge on any atom is -0.493 e. The summed E-state index contributed by atoms with van der Waals surface area (Å²) in [6.07, 6.45) is 0. The maximum atomic E-state index is 12.5. The van der Waals surface area contributed by atoms with E-state index in [4.69, 9.17) is 18.9 Å². The molecule has 29 heavy (non-hydrogen) atoms. The molecule has 0 unspecified atom stereocenters. The number of rotatable bonds is 8. The van der Waals surface area contributed by atoms with E-state index in [2.05, 4.69) is 0 Å². The number of esters is 1. The van der Waals surface area contributed by atoms with Crippen molar-refractivity contribution in [1.29, 1.82) is 0 Å². The Bertz CT molecular complexity index is 997. The maximum absolute atomic E-state index is 12.5. The minimum absolute atomic E-state index is 0.233. The van der Waals surface area contributed by atoms with E-state index in [0.717, 1.165) is 0 Å². The molecule has 0 aliphatic rings. The van der Waals surface area contributed by atoms with Gasteiger partial charge in [0.1, 0.15) is 17.1 Å². The summed E-state index contributed by atoms with van der Waals surface area (Å²) in [6, 6.07) is 20.5. The third-order valence-electron chi connectivity index (χ3n) is 4.12. The molecule has 148 valence electrons. The predicted octanol–water partition coefficient (Wildman–Crippen LogP) is 4.54. The van der Waals surface area contributed by atoms with Crippen molar-refractivity contribution in [3.63, 3.8) is 0 Å². The lowest BCUT2D eigenvalue weighted by molar-refractivity contribution is 0.0472. The molecule has 0 fully saturated rings. The van der Waals surface area contributed by atoms with E-state index < -0.39 is 12.6 Å². The molecule has 0 aromatic heterocycles. The Hall–Kier alpha value is -3.80. The molecule has 6 nitrogen and oxygen atoms in total. The summed E-state index contributed by atoms with van der Waals surface area (Å²) in [4.78, 5) is 24.9. The molecule has 3 rings (SSSR count). The molecular formula is C23H20O6. The lowest BCUT2D eigenvalue weighted by Gasteiger charge is -2.11. The number of hydrogen-bond acceptors (Lipinski definition) is 6. The Morgan fingerprint density at radius 1 is 0.759 bits per heavy atom. The first-order chi connectivity index (χ1) is 14.1. The van der Waals surface area contributed by atoms with Gasteiger partial charge in [-0.3, -0.25) is 4.79 Å². The van der Waals surface area contributed by atoms with Gasteiger partial charge in [0.05, 0.1) is 14.2 Å². The molecule has 0 bridgehead atoms. The molecule has 0 saturated carbocycles. The summed E-state index contributed by atoms with van der Waals surface area (Å²) >= 11 is 0. The van der Waals surface area contributed by atoms with Crippen LogP contribution in [-0.2, 0) is 4.74 Å². The zero-order valence-electron chi connectivity index (χ0n) is 16.1. The second-order valence-corrected chi connectivity index (χ2v) is 5.98. The average molecular weight is 392 g/mol. The zero-order valence-corrected chi connectivity index (χ0v) is 16.1. The minimum atomic E-state index is -0.648. The summed E-state index contributed by atoms with van der Waals surface area (Å²) in [7, 11) is 2.99. The van der Waals surface area contributed by atoms with E-state index >= 15 is 0 Å². The fourth-order valence-corrected chi connectivity index (χ4v) is 2.64. The van der Waals surface area contributed by atoms with Gasteiger partial charge in [0.2, 0.25) is 0 Å². The fourth-order valence-electron chi connectivity index (χ4n) is 2.64. The predicted molar refractivity (Wildman–Crippen MR) is 107 cm³/mol. The molecule has 0 spiro atoms. The highest BCUT2D eigenvalue weighted by atomic mass is 16.5. The monoisotopic (exact) mass is 392 g/mol. The second-order valence-electron chi connectivity index (χ2n) is 5.98. The summed E-state index contributed by atoms with van der Waals surface area (Å²) in [5, 5.41) is 0. The molecule has 0 aliphatic heterocycles. The van der Waals surface area contributed by atoms with Crippen LogP contribution in [0.4, 0.5) is 0 Å². The van der Waals surface area contributed by atoms with Gasteiger partial charge in [-0.15, -0.1) is 0 Å². The van der Waals surface area contributed by atoms with Crippen LogP contribution in [0.3, 0.4) is 0 Å². The van der Waals surface area contributed by atoms with Gasteiger partial charge in [-0.1, -0.05) is 30.3 Å². The number of para-hydroxylation sites is 2. The van der Waals surface area contributed by atoms with Crippen LogP contribution in [0, 0.1) is 0 Å². The van der Waals surface area contributed by atoms with Crippen molar-refractivity contribution >= 4 is 11.8 Å². The quantitative estimate of drug-likeness (QED) is 0.414. The first-order valence-corrected chi connectivity index (χ1v) is 8.86. The molecule has 0 amide bonds. The van der Waals surface area contributed by atoms with Gasteiger partial charge in [0.25, 0.3) is 0 Å². The highest BCUT2D eigenvalue weighted by Crippen LogP contribution is 2.28.